The Bertz CT molecular complexity index is 629. The van der Waals surface area contributed by atoms with Gasteiger partial charge in [0.15, 0.2) is 0 Å². The van der Waals surface area contributed by atoms with E-state index in [0.717, 1.165) is 12.8 Å². The van der Waals surface area contributed by atoms with Gasteiger partial charge >= 0.3 is 0 Å². The van der Waals surface area contributed by atoms with Gasteiger partial charge in [-0.25, -0.2) is 0 Å². The van der Waals surface area contributed by atoms with E-state index in [4.69, 9.17) is 16.9 Å². The van der Waals surface area contributed by atoms with E-state index in [2.05, 4.69) is 6.07 Å². The Hall–Kier alpha value is -1.86. The van der Waals surface area contributed by atoms with Gasteiger partial charge in [-0.3, -0.25) is 9.59 Å². The molecular formula is C14H11ClN2O2. The van der Waals surface area contributed by atoms with Crippen LogP contribution in [0.5, 0.6) is 0 Å². The molecular weight excluding hydrogens is 264 g/mol. The number of fused-ring (bicyclic) bond motifs is 1. The Labute approximate surface area is 115 Å². The molecule has 1 aliphatic carbocycles. The maximum Gasteiger partial charge on any atom is 0.299 e. The van der Waals surface area contributed by atoms with E-state index in [1.165, 1.54) is 11.0 Å². The van der Waals surface area contributed by atoms with Gasteiger partial charge in [0.25, 0.3) is 11.7 Å². The minimum Gasteiger partial charge on any atom is -0.304 e. The number of amides is 1. The van der Waals surface area contributed by atoms with Crippen LogP contribution in [0.1, 0.15) is 29.6 Å². The number of hydrogen-bond acceptors (Lipinski definition) is 3. The van der Waals surface area contributed by atoms with Gasteiger partial charge in [-0.05, 0) is 31.0 Å². The molecule has 1 saturated carbocycles. The number of ketones is 1. The van der Waals surface area contributed by atoms with Crippen molar-refractivity contribution in [2.24, 2.45) is 5.41 Å². The monoisotopic (exact) mass is 274 g/mol. The predicted molar refractivity (Wildman–Crippen MR) is 70.0 cm³/mol. The van der Waals surface area contributed by atoms with E-state index >= 15 is 0 Å². The van der Waals surface area contributed by atoms with Crippen molar-refractivity contribution >= 4 is 29.0 Å². The first kappa shape index (κ1) is 12.2. The van der Waals surface area contributed by atoms with Gasteiger partial charge < -0.3 is 4.90 Å². The number of Topliss-reactive ketones (excluding diaryl/α,β-unsaturated/α-hetero) is 1. The summed E-state index contributed by atoms with van der Waals surface area (Å²) in [5.74, 6) is -1.02. The number of nitrogens with zero attached hydrogens (tertiary/aromatic N) is 2. The van der Waals surface area contributed by atoms with Crippen LogP contribution < -0.4 is 4.90 Å². The molecule has 2 aliphatic rings. The molecule has 0 unspecified atom stereocenters. The molecule has 1 aromatic carbocycles. The van der Waals surface area contributed by atoms with Crippen molar-refractivity contribution < 1.29 is 9.59 Å². The van der Waals surface area contributed by atoms with Crippen LogP contribution >= 0.6 is 11.6 Å². The van der Waals surface area contributed by atoms with Crippen LogP contribution in [0.2, 0.25) is 5.02 Å². The highest BCUT2D eigenvalue weighted by molar-refractivity contribution is 6.52. The zero-order valence-electron chi connectivity index (χ0n) is 10.1. The highest BCUT2D eigenvalue weighted by Crippen LogP contribution is 2.50. The average molecular weight is 275 g/mol. The number of nitriles is 1. The zero-order valence-corrected chi connectivity index (χ0v) is 10.9. The van der Waals surface area contributed by atoms with Gasteiger partial charge in [0.05, 0.1) is 17.3 Å². The molecule has 0 aromatic heterocycles. The molecule has 5 heteroatoms. The molecule has 96 valence electrons. The first-order valence-corrected chi connectivity index (χ1v) is 6.47. The van der Waals surface area contributed by atoms with E-state index < -0.39 is 11.7 Å². The number of carbonyl (C=O) groups is 2. The molecule has 0 saturated heterocycles. The molecule has 0 atom stereocenters. The molecule has 3 rings (SSSR count). The zero-order chi connectivity index (χ0) is 13.6. The average Bonchev–Trinajstić information content (AvgIpc) is 3.10. The largest absolute Gasteiger partial charge is 0.304 e. The summed E-state index contributed by atoms with van der Waals surface area (Å²) in [6, 6.07) is 7.06. The Morgan fingerprint density at radius 2 is 2.11 bits per heavy atom. The third kappa shape index (κ3) is 1.91. The summed E-state index contributed by atoms with van der Waals surface area (Å²) in [6.45, 7) is 0.444. The molecule has 0 N–H and O–H groups in total. The number of rotatable bonds is 3. The van der Waals surface area contributed by atoms with Crippen LogP contribution in [-0.4, -0.2) is 18.2 Å². The molecule has 1 amide bonds. The number of benzene rings is 1. The van der Waals surface area contributed by atoms with E-state index in [1.54, 1.807) is 12.1 Å². The van der Waals surface area contributed by atoms with Gasteiger partial charge in [-0.2, -0.15) is 5.26 Å². The van der Waals surface area contributed by atoms with E-state index in [1.807, 2.05) is 0 Å². The highest BCUT2D eigenvalue weighted by atomic mass is 35.5. The maximum atomic E-state index is 12.0. The van der Waals surface area contributed by atoms with E-state index in [9.17, 15) is 9.59 Å². The van der Waals surface area contributed by atoms with Crippen LogP contribution in [0, 0.1) is 16.7 Å². The Morgan fingerprint density at radius 3 is 2.74 bits per heavy atom. The highest BCUT2D eigenvalue weighted by Gasteiger charge is 2.48. The lowest BCUT2D eigenvalue weighted by Crippen LogP contribution is -2.35. The summed E-state index contributed by atoms with van der Waals surface area (Å²) < 4.78 is 0. The second kappa shape index (κ2) is 4.07. The summed E-state index contributed by atoms with van der Waals surface area (Å²) >= 11 is 5.85. The first-order valence-electron chi connectivity index (χ1n) is 6.09. The fraction of sp³-hybridized carbons (Fsp3) is 0.357. The Balaban J connectivity index is 1.94. The molecule has 1 fully saturated rings. The normalized spacial score (nSPS) is 19.3. The summed E-state index contributed by atoms with van der Waals surface area (Å²) in [5, 5.41) is 9.27. The van der Waals surface area contributed by atoms with Crippen molar-refractivity contribution in [3.8, 4) is 6.07 Å². The van der Waals surface area contributed by atoms with Crippen molar-refractivity contribution in [2.75, 3.05) is 11.4 Å². The second-order valence-corrected chi connectivity index (χ2v) is 5.65. The summed E-state index contributed by atoms with van der Waals surface area (Å²) in [6.07, 6.45) is 2.29. The summed E-state index contributed by atoms with van der Waals surface area (Å²) in [5.41, 5.74) is 0.861. The number of hydrogen-bond donors (Lipinski definition) is 0. The molecule has 1 heterocycles. The Kier molecular flexibility index (Phi) is 2.61. The van der Waals surface area contributed by atoms with Crippen molar-refractivity contribution in [1.82, 2.24) is 0 Å². The molecule has 4 nitrogen and oxygen atoms in total. The summed E-state index contributed by atoms with van der Waals surface area (Å²) in [7, 11) is 0. The SMILES string of the molecule is N#CCC1(CN2C(=O)C(=O)c3cc(Cl)ccc32)CC1. The van der Waals surface area contributed by atoms with Crippen LogP contribution in [0.4, 0.5) is 5.69 Å². The number of halogens is 1. The van der Waals surface area contributed by atoms with Crippen molar-refractivity contribution in [3.63, 3.8) is 0 Å². The molecule has 0 radical (unpaired) electrons. The standard InChI is InChI=1S/C14H11ClN2O2/c15-9-1-2-11-10(7-9)12(18)13(19)17(11)8-14(3-4-14)5-6-16/h1-2,7H,3-5,8H2. The lowest BCUT2D eigenvalue weighted by atomic mass is 10.0. The fourth-order valence-electron chi connectivity index (χ4n) is 2.50. The lowest BCUT2D eigenvalue weighted by molar-refractivity contribution is -0.114. The van der Waals surface area contributed by atoms with Crippen molar-refractivity contribution in [1.29, 1.82) is 5.26 Å². The lowest BCUT2D eigenvalue weighted by Gasteiger charge is -2.21. The predicted octanol–water partition coefficient (Wildman–Crippen LogP) is 2.56. The fourth-order valence-corrected chi connectivity index (χ4v) is 2.67. The second-order valence-electron chi connectivity index (χ2n) is 5.22. The smallest absolute Gasteiger partial charge is 0.299 e. The minimum absolute atomic E-state index is 0.119. The summed E-state index contributed by atoms with van der Waals surface area (Å²) in [4.78, 5) is 25.4. The van der Waals surface area contributed by atoms with Crippen molar-refractivity contribution in [2.45, 2.75) is 19.3 Å². The van der Waals surface area contributed by atoms with E-state index in [0.29, 0.717) is 29.2 Å². The van der Waals surface area contributed by atoms with Gasteiger partial charge in [0.2, 0.25) is 0 Å². The minimum atomic E-state index is -0.513. The molecule has 0 spiro atoms. The van der Waals surface area contributed by atoms with Gasteiger partial charge in [-0.15, -0.1) is 0 Å². The first-order chi connectivity index (χ1) is 9.06. The van der Waals surface area contributed by atoms with Gasteiger partial charge in [-0.1, -0.05) is 11.6 Å². The molecule has 1 aliphatic heterocycles. The number of carbonyl (C=O) groups excluding carboxylic acids is 2. The third-order valence-electron chi connectivity index (χ3n) is 3.84. The van der Waals surface area contributed by atoms with Crippen molar-refractivity contribution in [3.05, 3.63) is 28.8 Å². The molecule has 1 aromatic rings. The topological polar surface area (TPSA) is 61.2 Å². The van der Waals surface area contributed by atoms with Gasteiger partial charge in [0, 0.05) is 23.4 Å². The quantitative estimate of drug-likeness (QED) is 0.796. The molecule has 0 bridgehead atoms. The Morgan fingerprint density at radius 1 is 1.37 bits per heavy atom. The maximum absolute atomic E-state index is 12.0. The number of anilines is 1. The van der Waals surface area contributed by atoms with Gasteiger partial charge in [0.1, 0.15) is 0 Å². The van der Waals surface area contributed by atoms with Crippen LogP contribution in [0.3, 0.4) is 0 Å². The van der Waals surface area contributed by atoms with E-state index in [-0.39, 0.29) is 5.41 Å². The third-order valence-corrected chi connectivity index (χ3v) is 4.07. The van der Waals surface area contributed by atoms with Crippen LogP contribution in [-0.2, 0) is 4.79 Å². The molecule has 19 heavy (non-hydrogen) atoms. The van der Waals surface area contributed by atoms with Crippen LogP contribution in [0.25, 0.3) is 0 Å². The van der Waals surface area contributed by atoms with Crippen LogP contribution in [0.15, 0.2) is 18.2 Å².